The molecule has 4 aliphatic carbocycles. The molecule has 1 nitrogen and oxygen atoms in total. The first-order chi connectivity index (χ1) is 9.70. The Morgan fingerprint density at radius 2 is 1.75 bits per heavy atom. The number of hydrogen-bond donors (Lipinski definition) is 1. The van der Waals surface area contributed by atoms with E-state index in [1.807, 2.05) is 0 Å². The molecule has 4 unspecified atom stereocenters. The Balaban J connectivity index is 1.66. The highest BCUT2D eigenvalue weighted by Gasteiger charge is 2.58. The second-order valence-corrected chi connectivity index (χ2v) is 8.87. The van der Waals surface area contributed by atoms with Gasteiger partial charge in [-0.2, -0.15) is 0 Å². The minimum atomic E-state index is 0.338. The predicted octanol–water partition coefficient (Wildman–Crippen LogP) is 4.78. The average molecular weight is 276 g/mol. The van der Waals surface area contributed by atoms with E-state index in [0.717, 1.165) is 23.7 Å². The Hall–Kier alpha value is -0.0400. The van der Waals surface area contributed by atoms with Crippen molar-refractivity contribution in [1.29, 1.82) is 0 Å². The molecule has 0 radical (unpaired) electrons. The van der Waals surface area contributed by atoms with Crippen LogP contribution in [0.5, 0.6) is 0 Å². The first-order valence-corrected chi connectivity index (χ1v) is 9.30. The average Bonchev–Trinajstić information content (AvgIpc) is 2.88. The minimum absolute atomic E-state index is 0.338. The molecule has 0 aromatic heterocycles. The molecule has 4 fully saturated rings. The third kappa shape index (κ3) is 1.71. The van der Waals surface area contributed by atoms with Crippen LogP contribution >= 0.6 is 0 Å². The van der Waals surface area contributed by atoms with Gasteiger partial charge in [0.25, 0.3) is 0 Å². The summed E-state index contributed by atoms with van der Waals surface area (Å²) in [6, 6.07) is 0. The summed E-state index contributed by atoms with van der Waals surface area (Å²) in [5.41, 5.74) is 1.00. The van der Waals surface area contributed by atoms with Crippen LogP contribution in [0.3, 0.4) is 0 Å². The molecule has 0 spiro atoms. The lowest BCUT2D eigenvalue weighted by Gasteiger charge is -2.60. The molecule has 1 N–H and O–H groups in total. The zero-order valence-corrected chi connectivity index (χ0v) is 13.2. The maximum absolute atomic E-state index is 10.3. The fourth-order valence-corrected chi connectivity index (χ4v) is 7.37. The standard InChI is InChI=1S/C19H32O/c1-18-10-4-6-16(18)15-8-7-14-5-2-3-11-19(14,13-20)17(15)9-12-18/h14-17,20H,2-13H2,1H3/t14-,15?,16?,17?,18?,19+/m0/s1. The van der Waals surface area contributed by atoms with Gasteiger partial charge in [0.15, 0.2) is 0 Å². The third-order valence-corrected chi connectivity index (χ3v) is 8.36. The van der Waals surface area contributed by atoms with Crippen molar-refractivity contribution in [3.8, 4) is 0 Å². The van der Waals surface area contributed by atoms with Gasteiger partial charge in [-0.25, -0.2) is 0 Å². The van der Waals surface area contributed by atoms with Crippen molar-refractivity contribution >= 4 is 0 Å². The van der Waals surface area contributed by atoms with Crippen LogP contribution in [0.2, 0.25) is 0 Å². The smallest absolute Gasteiger partial charge is 0.0492 e. The highest BCUT2D eigenvalue weighted by molar-refractivity contribution is 5.07. The van der Waals surface area contributed by atoms with Crippen LogP contribution in [0.25, 0.3) is 0 Å². The van der Waals surface area contributed by atoms with E-state index >= 15 is 0 Å². The highest BCUT2D eigenvalue weighted by Crippen LogP contribution is 2.66. The van der Waals surface area contributed by atoms with Crippen molar-refractivity contribution in [2.45, 2.75) is 77.6 Å². The maximum Gasteiger partial charge on any atom is 0.0492 e. The van der Waals surface area contributed by atoms with E-state index in [4.69, 9.17) is 0 Å². The summed E-state index contributed by atoms with van der Waals surface area (Å²) in [5, 5.41) is 10.3. The normalized spacial score (nSPS) is 54.9. The SMILES string of the molecule is CC12CCCC1C1CC[C@@H]3CCCC[C@]3(CO)C1CC2. The maximum atomic E-state index is 10.3. The monoisotopic (exact) mass is 276 g/mol. The van der Waals surface area contributed by atoms with Crippen LogP contribution in [0, 0.1) is 34.5 Å². The second kappa shape index (κ2) is 4.73. The topological polar surface area (TPSA) is 20.2 Å². The zero-order valence-electron chi connectivity index (χ0n) is 13.2. The van der Waals surface area contributed by atoms with Crippen molar-refractivity contribution in [3.05, 3.63) is 0 Å². The molecule has 0 aliphatic heterocycles. The van der Waals surface area contributed by atoms with Gasteiger partial charge in [-0.3, -0.25) is 0 Å². The van der Waals surface area contributed by atoms with Crippen LogP contribution in [0.4, 0.5) is 0 Å². The minimum Gasteiger partial charge on any atom is -0.396 e. The summed E-state index contributed by atoms with van der Waals surface area (Å²) in [6.45, 7) is 3.07. The van der Waals surface area contributed by atoms with Crippen LogP contribution < -0.4 is 0 Å². The van der Waals surface area contributed by atoms with Crippen LogP contribution in [-0.2, 0) is 0 Å². The summed E-state index contributed by atoms with van der Waals surface area (Å²) < 4.78 is 0. The van der Waals surface area contributed by atoms with Crippen LogP contribution in [0.15, 0.2) is 0 Å². The van der Waals surface area contributed by atoms with E-state index in [9.17, 15) is 5.11 Å². The van der Waals surface area contributed by atoms with E-state index < -0.39 is 0 Å². The van der Waals surface area contributed by atoms with E-state index in [0.29, 0.717) is 17.4 Å². The lowest BCUT2D eigenvalue weighted by atomic mass is 9.45. The molecular formula is C19H32O. The van der Waals surface area contributed by atoms with Crippen molar-refractivity contribution in [3.63, 3.8) is 0 Å². The molecule has 6 atom stereocenters. The van der Waals surface area contributed by atoms with Crippen molar-refractivity contribution in [1.82, 2.24) is 0 Å². The molecular weight excluding hydrogens is 244 g/mol. The van der Waals surface area contributed by atoms with Gasteiger partial charge in [0.1, 0.15) is 0 Å². The van der Waals surface area contributed by atoms with Gasteiger partial charge >= 0.3 is 0 Å². The largest absolute Gasteiger partial charge is 0.396 e. The number of rotatable bonds is 1. The first kappa shape index (κ1) is 13.6. The Labute approximate surface area is 124 Å². The lowest BCUT2D eigenvalue weighted by molar-refractivity contribution is -0.134. The van der Waals surface area contributed by atoms with E-state index in [1.54, 1.807) is 0 Å². The predicted molar refractivity (Wildman–Crippen MR) is 82.4 cm³/mol. The fourth-order valence-electron chi connectivity index (χ4n) is 7.37. The van der Waals surface area contributed by atoms with Gasteiger partial charge < -0.3 is 5.11 Å². The molecule has 0 bridgehead atoms. The number of fused-ring (bicyclic) bond motifs is 5. The van der Waals surface area contributed by atoms with Crippen LogP contribution in [0.1, 0.15) is 77.6 Å². The highest BCUT2D eigenvalue weighted by atomic mass is 16.3. The molecule has 4 rings (SSSR count). The number of aliphatic hydroxyl groups is 1. The molecule has 4 saturated carbocycles. The molecule has 0 amide bonds. The Bertz CT molecular complexity index is 378. The van der Waals surface area contributed by atoms with Gasteiger partial charge in [-0.15, -0.1) is 0 Å². The summed E-state index contributed by atoms with van der Waals surface area (Å²) in [4.78, 5) is 0. The second-order valence-electron chi connectivity index (χ2n) is 8.87. The summed E-state index contributed by atoms with van der Waals surface area (Å²) in [5.74, 6) is 3.67. The molecule has 0 heterocycles. The molecule has 1 heteroatoms. The van der Waals surface area contributed by atoms with Gasteiger partial charge in [0.2, 0.25) is 0 Å². The third-order valence-electron chi connectivity index (χ3n) is 8.36. The molecule has 0 saturated heterocycles. The molecule has 0 aromatic carbocycles. The Morgan fingerprint density at radius 3 is 2.60 bits per heavy atom. The van der Waals surface area contributed by atoms with Crippen molar-refractivity contribution in [2.75, 3.05) is 6.61 Å². The Morgan fingerprint density at radius 1 is 0.850 bits per heavy atom. The van der Waals surface area contributed by atoms with E-state index in [1.165, 1.54) is 70.6 Å². The summed E-state index contributed by atoms with van der Waals surface area (Å²) in [7, 11) is 0. The van der Waals surface area contributed by atoms with Gasteiger partial charge in [-0.1, -0.05) is 26.2 Å². The molecule has 114 valence electrons. The molecule has 4 aliphatic rings. The van der Waals surface area contributed by atoms with E-state index in [2.05, 4.69) is 6.92 Å². The zero-order chi connectivity index (χ0) is 13.8. The van der Waals surface area contributed by atoms with Gasteiger partial charge in [-0.05, 0) is 85.9 Å². The first-order valence-electron chi connectivity index (χ1n) is 9.30. The van der Waals surface area contributed by atoms with Crippen molar-refractivity contribution in [2.24, 2.45) is 34.5 Å². The molecule has 0 aromatic rings. The fraction of sp³-hybridized carbons (Fsp3) is 1.00. The molecule has 20 heavy (non-hydrogen) atoms. The van der Waals surface area contributed by atoms with Gasteiger partial charge in [0.05, 0.1) is 0 Å². The number of aliphatic hydroxyl groups excluding tert-OH is 1. The lowest BCUT2D eigenvalue weighted by Crippen LogP contribution is -2.54. The summed E-state index contributed by atoms with van der Waals surface area (Å²) >= 11 is 0. The number of hydrogen-bond acceptors (Lipinski definition) is 1. The Kier molecular flexibility index (Phi) is 3.22. The van der Waals surface area contributed by atoms with Crippen LogP contribution in [-0.4, -0.2) is 11.7 Å². The van der Waals surface area contributed by atoms with E-state index in [-0.39, 0.29) is 0 Å². The van der Waals surface area contributed by atoms with Gasteiger partial charge in [0, 0.05) is 6.61 Å². The summed E-state index contributed by atoms with van der Waals surface area (Å²) in [6.07, 6.45) is 15.8. The van der Waals surface area contributed by atoms with Crippen molar-refractivity contribution < 1.29 is 5.11 Å². The quantitative estimate of drug-likeness (QED) is 0.730.